The molecule has 0 amide bonds. The SMILES string of the molecule is CCCCCCCc1cccc(Br)c1-c1ccccc1. The van der Waals surface area contributed by atoms with Gasteiger partial charge in [-0.1, -0.05) is 91.0 Å². The van der Waals surface area contributed by atoms with Crippen molar-refractivity contribution in [2.24, 2.45) is 0 Å². The van der Waals surface area contributed by atoms with E-state index in [2.05, 4.69) is 71.4 Å². The average Bonchev–Trinajstić information content (AvgIpc) is 2.48. The smallest absolute Gasteiger partial charge is 0.0256 e. The van der Waals surface area contributed by atoms with Gasteiger partial charge >= 0.3 is 0 Å². The van der Waals surface area contributed by atoms with Gasteiger partial charge in [0.2, 0.25) is 0 Å². The minimum atomic E-state index is 1.17. The van der Waals surface area contributed by atoms with Gasteiger partial charge < -0.3 is 0 Å². The predicted octanol–water partition coefficient (Wildman–Crippen LogP) is 6.63. The summed E-state index contributed by atoms with van der Waals surface area (Å²) < 4.78 is 1.20. The largest absolute Gasteiger partial charge is 0.0654 e. The first-order valence-corrected chi connectivity index (χ1v) is 8.45. The van der Waals surface area contributed by atoms with E-state index in [-0.39, 0.29) is 0 Å². The number of halogens is 1. The van der Waals surface area contributed by atoms with E-state index in [0.29, 0.717) is 0 Å². The molecule has 0 radical (unpaired) electrons. The molecule has 0 nitrogen and oxygen atoms in total. The molecule has 1 heteroatoms. The number of unbranched alkanes of at least 4 members (excludes halogenated alkanes) is 4. The van der Waals surface area contributed by atoms with E-state index in [0.717, 1.165) is 0 Å². The fourth-order valence-electron chi connectivity index (χ4n) is 2.62. The molecule has 0 bridgehead atoms. The van der Waals surface area contributed by atoms with Gasteiger partial charge in [-0.25, -0.2) is 0 Å². The lowest BCUT2D eigenvalue weighted by Gasteiger charge is -2.12. The Morgan fingerprint density at radius 1 is 0.800 bits per heavy atom. The van der Waals surface area contributed by atoms with Gasteiger partial charge in [0, 0.05) is 4.47 Å². The quantitative estimate of drug-likeness (QED) is 0.500. The fraction of sp³-hybridized carbons (Fsp3) is 0.368. The Bertz CT molecular complexity index is 517. The van der Waals surface area contributed by atoms with E-state index in [1.54, 1.807) is 0 Å². The van der Waals surface area contributed by atoms with Crippen molar-refractivity contribution in [3.05, 3.63) is 58.6 Å². The standard InChI is InChI=1S/C19H23Br/c1-2-3-4-5-7-11-17-14-10-15-18(20)19(17)16-12-8-6-9-13-16/h6,8-10,12-15H,2-5,7,11H2,1H3. The van der Waals surface area contributed by atoms with Gasteiger partial charge in [0.15, 0.2) is 0 Å². The van der Waals surface area contributed by atoms with Crippen molar-refractivity contribution in [2.75, 3.05) is 0 Å². The molecule has 0 N–H and O–H groups in total. The topological polar surface area (TPSA) is 0 Å². The molecule has 2 aromatic carbocycles. The first kappa shape index (κ1) is 15.3. The summed E-state index contributed by atoms with van der Waals surface area (Å²) in [4.78, 5) is 0. The molecule has 0 aliphatic rings. The molecule has 0 aromatic heterocycles. The van der Waals surface area contributed by atoms with Gasteiger partial charge in [0.05, 0.1) is 0 Å². The van der Waals surface area contributed by atoms with Gasteiger partial charge in [-0.05, 0) is 35.6 Å². The Hall–Kier alpha value is -1.08. The molecular formula is C19H23Br. The van der Waals surface area contributed by atoms with Crippen LogP contribution in [0.2, 0.25) is 0 Å². The van der Waals surface area contributed by atoms with Crippen molar-refractivity contribution in [2.45, 2.75) is 45.4 Å². The summed E-state index contributed by atoms with van der Waals surface area (Å²) in [5.74, 6) is 0. The molecule has 0 fully saturated rings. The van der Waals surface area contributed by atoms with Crippen molar-refractivity contribution in [3.8, 4) is 11.1 Å². The van der Waals surface area contributed by atoms with Crippen LogP contribution in [0.15, 0.2) is 53.0 Å². The third-order valence-corrected chi connectivity index (χ3v) is 4.37. The first-order valence-electron chi connectivity index (χ1n) is 7.65. The highest BCUT2D eigenvalue weighted by molar-refractivity contribution is 9.10. The van der Waals surface area contributed by atoms with Crippen LogP contribution in [-0.2, 0) is 6.42 Å². The molecule has 0 atom stereocenters. The van der Waals surface area contributed by atoms with E-state index in [1.165, 1.54) is 59.7 Å². The minimum Gasteiger partial charge on any atom is -0.0654 e. The summed E-state index contributed by atoms with van der Waals surface area (Å²) in [6, 6.07) is 17.2. The first-order chi connectivity index (χ1) is 9.83. The maximum atomic E-state index is 3.72. The van der Waals surface area contributed by atoms with E-state index >= 15 is 0 Å². The average molecular weight is 331 g/mol. The van der Waals surface area contributed by atoms with Crippen LogP contribution < -0.4 is 0 Å². The van der Waals surface area contributed by atoms with Crippen LogP contribution in [0, 0.1) is 0 Å². The Morgan fingerprint density at radius 2 is 1.55 bits per heavy atom. The molecule has 2 aromatic rings. The molecular weight excluding hydrogens is 308 g/mol. The molecule has 0 saturated heterocycles. The number of rotatable bonds is 7. The second kappa shape index (κ2) is 8.26. The second-order valence-corrected chi connectivity index (χ2v) is 6.16. The lowest BCUT2D eigenvalue weighted by Crippen LogP contribution is -1.92. The monoisotopic (exact) mass is 330 g/mol. The highest BCUT2D eigenvalue weighted by Crippen LogP contribution is 2.32. The van der Waals surface area contributed by atoms with Gasteiger partial charge in [0.25, 0.3) is 0 Å². The van der Waals surface area contributed by atoms with Crippen LogP contribution in [0.1, 0.15) is 44.6 Å². The van der Waals surface area contributed by atoms with Crippen LogP contribution in [0.3, 0.4) is 0 Å². The molecule has 20 heavy (non-hydrogen) atoms. The molecule has 2 rings (SSSR count). The van der Waals surface area contributed by atoms with Crippen LogP contribution in [0.25, 0.3) is 11.1 Å². The highest BCUT2D eigenvalue weighted by atomic mass is 79.9. The van der Waals surface area contributed by atoms with Crippen molar-refractivity contribution < 1.29 is 0 Å². The van der Waals surface area contributed by atoms with Crippen molar-refractivity contribution in [3.63, 3.8) is 0 Å². The normalized spacial score (nSPS) is 10.7. The summed E-state index contributed by atoms with van der Waals surface area (Å²) in [6.07, 6.45) is 7.85. The van der Waals surface area contributed by atoms with Crippen LogP contribution in [0.4, 0.5) is 0 Å². The number of hydrogen-bond donors (Lipinski definition) is 0. The van der Waals surface area contributed by atoms with E-state index in [9.17, 15) is 0 Å². The summed E-state index contributed by atoms with van der Waals surface area (Å²) in [5.41, 5.74) is 4.13. The summed E-state index contributed by atoms with van der Waals surface area (Å²) in [5, 5.41) is 0. The molecule has 0 heterocycles. The molecule has 0 unspecified atom stereocenters. The van der Waals surface area contributed by atoms with Gasteiger partial charge in [-0.3, -0.25) is 0 Å². The molecule has 106 valence electrons. The lowest BCUT2D eigenvalue weighted by molar-refractivity contribution is 0.632. The zero-order chi connectivity index (χ0) is 14.2. The Labute approximate surface area is 131 Å². The van der Waals surface area contributed by atoms with Crippen molar-refractivity contribution in [1.82, 2.24) is 0 Å². The third kappa shape index (κ3) is 4.21. The van der Waals surface area contributed by atoms with Crippen LogP contribution in [-0.4, -0.2) is 0 Å². The van der Waals surface area contributed by atoms with E-state index < -0.39 is 0 Å². The molecule has 0 saturated carbocycles. The summed E-state index contributed by atoms with van der Waals surface area (Å²) >= 11 is 3.72. The number of aryl methyl sites for hydroxylation is 1. The van der Waals surface area contributed by atoms with Gasteiger partial charge in [-0.2, -0.15) is 0 Å². The molecule has 0 aliphatic carbocycles. The summed E-state index contributed by atoms with van der Waals surface area (Å²) in [6.45, 7) is 2.27. The van der Waals surface area contributed by atoms with Crippen molar-refractivity contribution in [1.29, 1.82) is 0 Å². The number of benzene rings is 2. The molecule has 0 aliphatic heterocycles. The van der Waals surface area contributed by atoms with Crippen LogP contribution in [0.5, 0.6) is 0 Å². The third-order valence-electron chi connectivity index (χ3n) is 3.71. The van der Waals surface area contributed by atoms with Gasteiger partial charge in [0.1, 0.15) is 0 Å². The van der Waals surface area contributed by atoms with Gasteiger partial charge in [-0.15, -0.1) is 0 Å². The second-order valence-electron chi connectivity index (χ2n) is 5.30. The molecule has 0 spiro atoms. The maximum Gasteiger partial charge on any atom is 0.0256 e. The lowest BCUT2D eigenvalue weighted by atomic mass is 9.96. The Morgan fingerprint density at radius 3 is 2.30 bits per heavy atom. The van der Waals surface area contributed by atoms with E-state index in [1.807, 2.05) is 0 Å². The zero-order valence-corrected chi connectivity index (χ0v) is 13.8. The van der Waals surface area contributed by atoms with Crippen LogP contribution >= 0.6 is 15.9 Å². The zero-order valence-electron chi connectivity index (χ0n) is 12.2. The highest BCUT2D eigenvalue weighted by Gasteiger charge is 2.08. The fourth-order valence-corrected chi connectivity index (χ4v) is 3.26. The van der Waals surface area contributed by atoms with Crippen molar-refractivity contribution >= 4 is 15.9 Å². The summed E-state index contributed by atoms with van der Waals surface area (Å²) in [7, 11) is 0. The Balaban J connectivity index is 2.11. The maximum absolute atomic E-state index is 3.72. The predicted molar refractivity (Wildman–Crippen MR) is 92.0 cm³/mol. The number of hydrogen-bond acceptors (Lipinski definition) is 0. The Kier molecular flexibility index (Phi) is 6.32. The minimum absolute atomic E-state index is 1.17. The van der Waals surface area contributed by atoms with E-state index in [4.69, 9.17) is 0 Å².